The fraction of sp³-hybridized carbons (Fsp3) is 0.250. The maximum absolute atomic E-state index is 13.1. The highest BCUT2D eigenvalue weighted by Gasteiger charge is 2.14. The highest BCUT2D eigenvalue weighted by Crippen LogP contribution is 2.24. The minimum absolute atomic E-state index is 0.0814. The van der Waals surface area contributed by atoms with Crippen LogP contribution >= 0.6 is 0 Å². The average Bonchev–Trinajstić information content (AvgIpc) is 2.99. The summed E-state index contributed by atoms with van der Waals surface area (Å²) in [5.41, 5.74) is 5.07. The summed E-state index contributed by atoms with van der Waals surface area (Å²) in [5, 5.41) is 16.9. The molecule has 1 heterocycles. The predicted molar refractivity (Wildman–Crippen MR) is 97.5 cm³/mol. The summed E-state index contributed by atoms with van der Waals surface area (Å²) in [7, 11) is 0. The Kier molecular flexibility index (Phi) is 5.14. The first-order valence-electron chi connectivity index (χ1n) is 8.35. The molecule has 0 amide bonds. The Hall–Kier alpha value is -2.66. The molecule has 0 fully saturated rings. The molecule has 2 N–H and O–H groups in total. The molecule has 25 heavy (non-hydrogen) atoms. The SMILES string of the molecule is Cc1c(C(C)Nc2ccc(CCO)cc2)cnn1-c1ccc(F)cc1. The molecular weight excluding hydrogens is 317 g/mol. The summed E-state index contributed by atoms with van der Waals surface area (Å²) < 4.78 is 14.9. The van der Waals surface area contributed by atoms with Crippen LogP contribution in [0.3, 0.4) is 0 Å². The first-order chi connectivity index (χ1) is 12.1. The molecule has 0 bridgehead atoms. The molecule has 1 aromatic heterocycles. The van der Waals surface area contributed by atoms with E-state index in [1.54, 1.807) is 12.1 Å². The van der Waals surface area contributed by atoms with E-state index in [9.17, 15) is 4.39 Å². The zero-order chi connectivity index (χ0) is 17.8. The van der Waals surface area contributed by atoms with Crippen LogP contribution in [-0.4, -0.2) is 21.5 Å². The van der Waals surface area contributed by atoms with Gasteiger partial charge in [0.1, 0.15) is 5.82 Å². The van der Waals surface area contributed by atoms with Crippen molar-refractivity contribution < 1.29 is 9.50 Å². The normalized spacial score (nSPS) is 12.2. The van der Waals surface area contributed by atoms with Crippen molar-refractivity contribution in [3.63, 3.8) is 0 Å². The average molecular weight is 339 g/mol. The highest BCUT2D eigenvalue weighted by molar-refractivity contribution is 5.47. The van der Waals surface area contributed by atoms with Crippen LogP contribution in [0.15, 0.2) is 54.7 Å². The molecule has 1 atom stereocenters. The molecule has 0 aliphatic heterocycles. The van der Waals surface area contributed by atoms with Gasteiger partial charge in [-0.3, -0.25) is 0 Å². The molecule has 0 spiro atoms. The van der Waals surface area contributed by atoms with Gasteiger partial charge in [0.15, 0.2) is 0 Å². The van der Waals surface area contributed by atoms with E-state index in [0.29, 0.717) is 6.42 Å². The van der Waals surface area contributed by atoms with Gasteiger partial charge in [-0.2, -0.15) is 5.10 Å². The van der Waals surface area contributed by atoms with E-state index in [1.807, 2.05) is 42.1 Å². The molecule has 3 rings (SSSR count). The fourth-order valence-corrected chi connectivity index (χ4v) is 2.91. The summed E-state index contributed by atoms with van der Waals surface area (Å²) >= 11 is 0. The van der Waals surface area contributed by atoms with Crippen molar-refractivity contribution in [2.75, 3.05) is 11.9 Å². The van der Waals surface area contributed by atoms with Crippen molar-refractivity contribution >= 4 is 5.69 Å². The van der Waals surface area contributed by atoms with Gasteiger partial charge in [-0.15, -0.1) is 0 Å². The van der Waals surface area contributed by atoms with Crippen LogP contribution < -0.4 is 5.32 Å². The lowest BCUT2D eigenvalue weighted by atomic mass is 10.1. The van der Waals surface area contributed by atoms with Gasteiger partial charge in [-0.05, 0) is 62.2 Å². The lowest BCUT2D eigenvalue weighted by Gasteiger charge is -2.16. The lowest BCUT2D eigenvalue weighted by molar-refractivity contribution is 0.299. The van der Waals surface area contributed by atoms with Crippen molar-refractivity contribution in [1.29, 1.82) is 0 Å². The van der Waals surface area contributed by atoms with E-state index in [1.165, 1.54) is 12.1 Å². The molecule has 3 aromatic rings. The van der Waals surface area contributed by atoms with E-state index in [4.69, 9.17) is 5.11 Å². The number of halogens is 1. The molecule has 1 unspecified atom stereocenters. The Labute approximate surface area is 146 Å². The summed E-state index contributed by atoms with van der Waals surface area (Å²) in [6.07, 6.45) is 2.51. The molecule has 130 valence electrons. The zero-order valence-electron chi connectivity index (χ0n) is 14.4. The van der Waals surface area contributed by atoms with E-state index >= 15 is 0 Å². The van der Waals surface area contributed by atoms with E-state index in [2.05, 4.69) is 17.3 Å². The van der Waals surface area contributed by atoms with E-state index in [0.717, 1.165) is 28.2 Å². The van der Waals surface area contributed by atoms with Gasteiger partial charge in [0.05, 0.1) is 17.9 Å². The van der Waals surface area contributed by atoms with Crippen molar-refractivity contribution in [1.82, 2.24) is 9.78 Å². The number of aliphatic hydroxyl groups is 1. The number of aromatic nitrogens is 2. The minimum atomic E-state index is -0.256. The van der Waals surface area contributed by atoms with Gasteiger partial charge in [-0.25, -0.2) is 9.07 Å². The molecule has 5 heteroatoms. The molecule has 0 aliphatic carbocycles. The van der Waals surface area contributed by atoms with E-state index < -0.39 is 0 Å². The van der Waals surface area contributed by atoms with Crippen LogP contribution in [0.1, 0.15) is 29.8 Å². The summed E-state index contributed by atoms with van der Waals surface area (Å²) in [5.74, 6) is -0.256. The van der Waals surface area contributed by atoms with Crippen LogP contribution in [0.5, 0.6) is 0 Å². The van der Waals surface area contributed by atoms with Crippen LogP contribution in [0.2, 0.25) is 0 Å². The molecule has 0 saturated heterocycles. The number of hydrogen-bond donors (Lipinski definition) is 2. The number of anilines is 1. The number of hydrogen-bond acceptors (Lipinski definition) is 3. The Morgan fingerprint density at radius 1 is 1.12 bits per heavy atom. The summed E-state index contributed by atoms with van der Waals surface area (Å²) in [6, 6.07) is 14.5. The Balaban J connectivity index is 1.76. The second-order valence-electron chi connectivity index (χ2n) is 6.11. The summed E-state index contributed by atoms with van der Waals surface area (Å²) in [4.78, 5) is 0. The number of nitrogens with zero attached hydrogens (tertiary/aromatic N) is 2. The van der Waals surface area contributed by atoms with Gasteiger partial charge < -0.3 is 10.4 Å². The van der Waals surface area contributed by atoms with Gasteiger partial charge in [0.25, 0.3) is 0 Å². The fourth-order valence-electron chi connectivity index (χ4n) is 2.91. The molecule has 0 aliphatic rings. The van der Waals surface area contributed by atoms with E-state index in [-0.39, 0.29) is 18.5 Å². The Bertz CT molecular complexity index is 825. The van der Waals surface area contributed by atoms with Crippen molar-refractivity contribution in [3.05, 3.63) is 77.4 Å². The maximum atomic E-state index is 13.1. The molecule has 4 nitrogen and oxygen atoms in total. The first kappa shape index (κ1) is 17.2. The standard InChI is InChI=1S/C20H22FN3O/c1-14(23-18-7-3-16(4-8-18)11-12-25)20-13-22-24(15(20)2)19-9-5-17(21)6-10-19/h3-10,13-14,23,25H,11-12H2,1-2H3. The third-order valence-electron chi connectivity index (χ3n) is 4.32. The highest BCUT2D eigenvalue weighted by atomic mass is 19.1. The third-order valence-corrected chi connectivity index (χ3v) is 4.32. The number of nitrogens with one attached hydrogen (secondary N) is 1. The van der Waals surface area contributed by atoms with Crippen molar-refractivity contribution in [2.24, 2.45) is 0 Å². The molecule has 0 saturated carbocycles. The summed E-state index contributed by atoms with van der Waals surface area (Å²) in [6.45, 7) is 4.25. The smallest absolute Gasteiger partial charge is 0.123 e. The number of rotatable bonds is 6. The van der Waals surface area contributed by atoms with Crippen LogP contribution in [0, 0.1) is 12.7 Å². The minimum Gasteiger partial charge on any atom is -0.396 e. The largest absolute Gasteiger partial charge is 0.396 e. The first-order valence-corrected chi connectivity index (χ1v) is 8.35. The Morgan fingerprint density at radius 3 is 2.44 bits per heavy atom. The van der Waals surface area contributed by atoms with Crippen LogP contribution in [0.4, 0.5) is 10.1 Å². The topological polar surface area (TPSA) is 50.1 Å². The number of aliphatic hydroxyl groups excluding tert-OH is 1. The van der Waals surface area contributed by atoms with Crippen LogP contribution in [-0.2, 0) is 6.42 Å². The maximum Gasteiger partial charge on any atom is 0.123 e. The predicted octanol–water partition coefficient (Wildman–Crippen LogP) is 4.03. The second kappa shape index (κ2) is 7.49. The third kappa shape index (κ3) is 3.88. The van der Waals surface area contributed by atoms with Gasteiger partial charge in [0.2, 0.25) is 0 Å². The molecule has 2 aromatic carbocycles. The monoisotopic (exact) mass is 339 g/mol. The van der Waals surface area contributed by atoms with Crippen LogP contribution in [0.25, 0.3) is 5.69 Å². The van der Waals surface area contributed by atoms with Gasteiger partial charge >= 0.3 is 0 Å². The molecular formula is C20H22FN3O. The van der Waals surface area contributed by atoms with Crippen molar-refractivity contribution in [2.45, 2.75) is 26.3 Å². The quantitative estimate of drug-likeness (QED) is 0.713. The molecule has 0 radical (unpaired) electrons. The zero-order valence-corrected chi connectivity index (χ0v) is 14.4. The Morgan fingerprint density at radius 2 is 1.80 bits per heavy atom. The lowest BCUT2D eigenvalue weighted by Crippen LogP contribution is -2.08. The van der Waals surface area contributed by atoms with Gasteiger partial charge in [-0.1, -0.05) is 12.1 Å². The number of benzene rings is 2. The second-order valence-corrected chi connectivity index (χ2v) is 6.11. The van der Waals surface area contributed by atoms with Gasteiger partial charge in [0, 0.05) is 23.6 Å². The van der Waals surface area contributed by atoms with Crippen molar-refractivity contribution in [3.8, 4) is 5.69 Å².